The number of rotatable bonds is 0. The first kappa shape index (κ1) is 16.6. The van der Waals surface area contributed by atoms with Gasteiger partial charge in [0.25, 0.3) is 0 Å². The van der Waals surface area contributed by atoms with Gasteiger partial charge in [-0.15, -0.1) is 26.3 Å². The van der Waals surface area contributed by atoms with E-state index >= 15 is 0 Å². The Labute approximate surface area is 74.5 Å². The zero-order valence-electron chi connectivity index (χ0n) is 3.21. The summed E-state index contributed by atoms with van der Waals surface area (Å²) in [6.07, 6.45) is 0. The summed E-state index contributed by atoms with van der Waals surface area (Å²) in [4.78, 5) is 0. The average Bonchev–Trinajstić information content (AvgIpc) is 1.50. The minimum atomic E-state index is 0. The van der Waals surface area contributed by atoms with Crippen LogP contribution in [0.2, 0.25) is 0 Å². The van der Waals surface area contributed by atoms with Crippen molar-refractivity contribution in [1.82, 2.24) is 0 Å². The molecule has 0 nitrogen and oxygen atoms in total. The first-order valence-corrected chi connectivity index (χ1v) is 1.000. The van der Waals surface area contributed by atoms with Crippen LogP contribution in [0.25, 0.3) is 0 Å². The van der Waals surface area contributed by atoms with E-state index in [2.05, 4.69) is 26.3 Å². The fourth-order valence-corrected chi connectivity index (χ4v) is 0. The molecular weight excluding hydrogens is 200 g/mol. The molecule has 5 heavy (non-hydrogen) atoms. The van der Waals surface area contributed by atoms with Crippen LogP contribution in [0.3, 0.4) is 0 Å². The Morgan fingerprint density at radius 2 is 0.600 bits per heavy atom. The molecule has 0 aromatic rings. The summed E-state index contributed by atoms with van der Waals surface area (Å²) in [7, 11) is 0. The van der Waals surface area contributed by atoms with Crippen LogP contribution in [0, 0.1) is 49.4 Å². The van der Waals surface area contributed by atoms with Gasteiger partial charge in [-0.25, -0.2) is 0 Å². The molecule has 0 rings (SSSR count). The molecule has 0 aromatic carbocycles. The summed E-state index contributed by atoms with van der Waals surface area (Å²) >= 11 is 0. The maximum absolute atomic E-state index is 3.00. The second kappa shape index (κ2) is 73.8. The van der Waals surface area contributed by atoms with Crippen LogP contribution in [0.1, 0.15) is 0 Å². The Balaban J connectivity index is -0.0000000133. The smallest absolute Gasteiger partial charge is 0 e. The quantitative estimate of drug-likeness (QED) is 0.530. The minimum absolute atomic E-state index is 0. The summed E-state index contributed by atoms with van der Waals surface area (Å²) in [5, 5.41) is 0. The van der Waals surface area contributed by atoms with Crippen molar-refractivity contribution in [2.24, 2.45) is 0 Å². The maximum atomic E-state index is 3.00. The molecule has 0 spiro atoms. The molecule has 31 valence electrons. The van der Waals surface area contributed by atoms with Gasteiger partial charge < -0.3 is 0 Å². The van der Waals surface area contributed by atoms with E-state index in [1.807, 2.05) is 0 Å². The monoisotopic (exact) mass is 209 g/mol. The van der Waals surface area contributed by atoms with Crippen LogP contribution in [0.5, 0.6) is 0 Å². The van der Waals surface area contributed by atoms with Gasteiger partial charge in [0.1, 0.15) is 0 Å². The van der Waals surface area contributed by atoms with Crippen LogP contribution >= 0.6 is 0 Å². The molecule has 0 aliphatic rings. The zero-order valence-corrected chi connectivity index (χ0v) is 5.63. The summed E-state index contributed by atoms with van der Waals surface area (Å²) in [6.45, 7) is 12.0. The molecule has 0 unspecified atom stereocenters. The van der Waals surface area contributed by atoms with Gasteiger partial charge in [-0.2, -0.15) is 0 Å². The van der Waals surface area contributed by atoms with Crippen molar-refractivity contribution >= 4 is 0 Å². The van der Waals surface area contributed by atoms with E-state index < -0.39 is 0 Å². The molecule has 0 aliphatic carbocycles. The van der Waals surface area contributed by atoms with E-state index in [1.54, 1.807) is 0 Å². The number of hydrogen-bond acceptors (Lipinski definition) is 0. The molecule has 0 heterocycles. The topological polar surface area (TPSA) is 0 Å². The Hall–Kier alpha value is 1.06. The van der Waals surface area contributed by atoms with E-state index in [9.17, 15) is 0 Å². The van der Waals surface area contributed by atoms with Crippen molar-refractivity contribution in [3.8, 4) is 0 Å². The largest absolute Gasteiger partial charge is 0.106 e. The van der Waals surface area contributed by atoms with E-state index in [4.69, 9.17) is 0 Å². The third-order valence-corrected chi connectivity index (χ3v) is 0. The Bertz CT molecular complexity index is 5.61. The van der Waals surface area contributed by atoms with Crippen molar-refractivity contribution in [3.63, 3.8) is 0 Å². The molecule has 1 radical (unpaired) electrons. The van der Waals surface area contributed by atoms with Crippen LogP contribution in [-0.2, 0) is 0 Å². The van der Waals surface area contributed by atoms with Gasteiger partial charge in [0.15, 0.2) is 0 Å². The van der Waals surface area contributed by atoms with Gasteiger partial charge in [0.05, 0.1) is 0 Å². The maximum Gasteiger partial charge on any atom is 0 e. The molecule has 0 atom stereocenters. The van der Waals surface area contributed by atoms with Gasteiger partial charge in [-0.1, -0.05) is 0 Å². The predicted octanol–water partition coefficient (Wildman–Crippen LogP) is 1.60. The molecule has 0 saturated carbocycles. The van der Waals surface area contributed by atoms with Crippen LogP contribution < -0.4 is 0 Å². The predicted molar refractivity (Wildman–Crippen MR) is 22.5 cm³/mol. The summed E-state index contributed by atoms with van der Waals surface area (Å²) in [6, 6.07) is 0. The third kappa shape index (κ3) is 42.0. The third-order valence-electron chi connectivity index (χ3n) is 0. The van der Waals surface area contributed by atoms with Gasteiger partial charge in [0.2, 0.25) is 0 Å². The molecule has 0 saturated heterocycles. The molecule has 0 bridgehead atoms. The summed E-state index contributed by atoms with van der Waals surface area (Å²) in [5.41, 5.74) is 0. The van der Waals surface area contributed by atoms with E-state index in [0.717, 1.165) is 0 Å². The van der Waals surface area contributed by atoms with Crippen molar-refractivity contribution < 1.29 is 49.4 Å². The second-order valence-electron chi connectivity index (χ2n) is 0. The zero-order chi connectivity index (χ0) is 4.00. The molecule has 0 aliphatic heterocycles. The van der Waals surface area contributed by atoms with Gasteiger partial charge in [-0.05, 0) is 0 Å². The van der Waals surface area contributed by atoms with Crippen molar-refractivity contribution in [2.75, 3.05) is 0 Å². The van der Waals surface area contributed by atoms with E-state index in [-0.39, 0.29) is 49.4 Å². The normalized spacial score (nSPS) is 1.60. The van der Waals surface area contributed by atoms with Gasteiger partial charge in [-0.3, -0.25) is 0 Å². The molecule has 0 N–H and O–H groups in total. The van der Waals surface area contributed by atoms with E-state index in [0.29, 0.717) is 0 Å². The van der Waals surface area contributed by atoms with Crippen molar-refractivity contribution in [2.45, 2.75) is 0 Å². The molecule has 0 fully saturated rings. The van der Waals surface area contributed by atoms with E-state index in [1.165, 1.54) is 0 Å². The molecular formula is C4H8Eu. The van der Waals surface area contributed by atoms with Crippen LogP contribution in [-0.4, -0.2) is 0 Å². The first-order valence-electron chi connectivity index (χ1n) is 1.000. The Kier molecular flexibility index (Phi) is 245. The summed E-state index contributed by atoms with van der Waals surface area (Å²) in [5.74, 6) is 0. The summed E-state index contributed by atoms with van der Waals surface area (Å²) < 4.78 is 0. The first-order chi connectivity index (χ1) is 2.00. The molecule has 1 heteroatoms. The SMILES string of the molecule is C=C.C=C.[Eu]. The van der Waals surface area contributed by atoms with Crippen LogP contribution in [0.4, 0.5) is 0 Å². The van der Waals surface area contributed by atoms with Crippen molar-refractivity contribution in [1.29, 1.82) is 0 Å². The second-order valence-corrected chi connectivity index (χ2v) is 0. The van der Waals surface area contributed by atoms with Gasteiger partial charge in [0, 0.05) is 49.4 Å². The van der Waals surface area contributed by atoms with Crippen molar-refractivity contribution in [3.05, 3.63) is 26.3 Å². The standard InChI is InChI=1S/2C2H4.Eu/c2*1-2;/h2*1-2H2;. The fraction of sp³-hybridized carbons (Fsp3) is 0. The van der Waals surface area contributed by atoms with Crippen LogP contribution in [0.15, 0.2) is 26.3 Å². The number of hydrogen-bond donors (Lipinski definition) is 0. The minimum Gasteiger partial charge on any atom is -0.106 e. The molecule has 0 amide bonds. The average molecular weight is 208 g/mol. The molecule has 0 aromatic heterocycles. The Morgan fingerprint density at radius 3 is 0.600 bits per heavy atom. The van der Waals surface area contributed by atoms with Gasteiger partial charge >= 0.3 is 0 Å². The Morgan fingerprint density at radius 1 is 0.600 bits per heavy atom. The fourth-order valence-electron chi connectivity index (χ4n) is 0.